The Morgan fingerprint density at radius 2 is 1.17 bits per heavy atom. The molecule has 10 heteroatoms. The fourth-order valence-corrected chi connectivity index (χ4v) is 5.27. The van der Waals surface area contributed by atoms with Gasteiger partial charge in [0.2, 0.25) is 28.1 Å². The monoisotopic (exact) mass is 370 g/mol. The number of carbonyl (C=O) groups is 2. The Balaban J connectivity index is 2.29. The SMILES string of the molecule is CO[C@H]1OC(=O)[C@@]2(Cl)[C@@H]1[C@H]1[C@@H](OC)OC(=O)[C@@]1(Cl)C2(OC)OC. The molecular formula is C13H16Cl2O8. The van der Waals surface area contributed by atoms with Crippen molar-refractivity contribution in [3.05, 3.63) is 0 Å². The van der Waals surface area contributed by atoms with Crippen molar-refractivity contribution in [2.45, 2.75) is 28.1 Å². The quantitative estimate of drug-likeness (QED) is 0.394. The van der Waals surface area contributed by atoms with Crippen molar-refractivity contribution in [2.75, 3.05) is 28.4 Å². The van der Waals surface area contributed by atoms with Gasteiger partial charge >= 0.3 is 11.9 Å². The lowest BCUT2D eigenvalue weighted by Gasteiger charge is -2.41. The van der Waals surface area contributed by atoms with E-state index in [1.54, 1.807) is 0 Å². The van der Waals surface area contributed by atoms with Crippen LogP contribution in [-0.4, -0.2) is 68.5 Å². The summed E-state index contributed by atoms with van der Waals surface area (Å²) < 4.78 is 31.6. The lowest BCUT2D eigenvalue weighted by atomic mass is 9.87. The number of methoxy groups -OCH3 is 4. The Kier molecular flexibility index (Phi) is 3.87. The lowest BCUT2D eigenvalue weighted by molar-refractivity contribution is -0.237. The predicted molar refractivity (Wildman–Crippen MR) is 74.7 cm³/mol. The molecule has 8 nitrogen and oxygen atoms in total. The zero-order valence-electron chi connectivity index (χ0n) is 12.8. The Labute approximate surface area is 142 Å². The van der Waals surface area contributed by atoms with Crippen LogP contribution in [0.2, 0.25) is 0 Å². The second-order valence-electron chi connectivity index (χ2n) is 5.52. The maximum absolute atomic E-state index is 12.5. The van der Waals surface area contributed by atoms with Gasteiger partial charge in [0.05, 0.1) is 11.8 Å². The summed E-state index contributed by atoms with van der Waals surface area (Å²) in [5.74, 6) is -5.51. The highest BCUT2D eigenvalue weighted by molar-refractivity contribution is 6.42. The first kappa shape index (κ1) is 17.2. The Morgan fingerprint density at radius 3 is 1.43 bits per heavy atom. The van der Waals surface area contributed by atoms with Gasteiger partial charge in [-0.15, -0.1) is 0 Å². The van der Waals surface area contributed by atoms with Gasteiger partial charge in [0, 0.05) is 28.4 Å². The highest BCUT2D eigenvalue weighted by atomic mass is 35.5. The van der Waals surface area contributed by atoms with Crippen LogP contribution in [0, 0.1) is 11.8 Å². The molecule has 130 valence electrons. The fraction of sp³-hybridized carbons (Fsp3) is 0.846. The first-order valence-corrected chi connectivity index (χ1v) is 7.51. The summed E-state index contributed by atoms with van der Waals surface area (Å²) in [6.45, 7) is 0. The van der Waals surface area contributed by atoms with E-state index in [9.17, 15) is 9.59 Å². The van der Waals surface area contributed by atoms with E-state index in [2.05, 4.69) is 0 Å². The minimum absolute atomic E-state index is 0.850. The fourth-order valence-electron chi connectivity index (χ4n) is 4.05. The topological polar surface area (TPSA) is 89.5 Å². The summed E-state index contributed by atoms with van der Waals surface area (Å²) in [5, 5.41) is 0. The van der Waals surface area contributed by atoms with Crippen LogP contribution in [0.15, 0.2) is 0 Å². The Morgan fingerprint density at radius 1 is 0.826 bits per heavy atom. The summed E-state index contributed by atoms with van der Waals surface area (Å²) >= 11 is 13.3. The molecule has 0 aromatic rings. The number of hydrogen-bond acceptors (Lipinski definition) is 8. The van der Waals surface area contributed by atoms with E-state index in [0.717, 1.165) is 0 Å². The molecule has 0 amide bonds. The minimum atomic E-state index is -2.02. The van der Waals surface area contributed by atoms with E-state index < -0.39 is 51.9 Å². The molecule has 0 spiro atoms. The molecule has 0 bridgehead atoms. The summed E-state index contributed by atoms with van der Waals surface area (Å²) in [6, 6.07) is 0. The van der Waals surface area contributed by atoms with E-state index in [1.807, 2.05) is 0 Å². The largest absolute Gasteiger partial charge is 0.434 e. The first-order chi connectivity index (χ1) is 10.8. The van der Waals surface area contributed by atoms with Crippen molar-refractivity contribution in [2.24, 2.45) is 11.8 Å². The van der Waals surface area contributed by atoms with Crippen LogP contribution in [0.4, 0.5) is 0 Å². The van der Waals surface area contributed by atoms with Crippen LogP contribution in [0.3, 0.4) is 0 Å². The molecule has 3 rings (SSSR count). The number of alkyl halides is 2. The van der Waals surface area contributed by atoms with E-state index in [4.69, 9.17) is 51.6 Å². The number of cyclic esters (lactones) is 2. The average Bonchev–Trinajstić information content (AvgIpc) is 3.01. The second kappa shape index (κ2) is 5.18. The van der Waals surface area contributed by atoms with Gasteiger partial charge < -0.3 is 28.4 Å². The van der Waals surface area contributed by atoms with E-state index in [-0.39, 0.29) is 0 Å². The lowest BCUT2D eigenvalue weighted by Crippen LogP contribution is -2.65. The van der Waals surface area contributed by atoms with Crippen molar-refractivity contribution in [3.63, 3.8) is 0 Å². The zero-order chi connectivity index (χ0) is 17.2. The number of halogens is 2. The molecule has 6 atom stereocenters. The van der Waals surface area contributed by atoms with Crippen molar-refractivity contribution >= 4 is 35.1 Å². The van der Waals surface area contributed by atoms with E-state index in [1.165, 1.54) is 28.4 Å². The number of rotatable bonds is 4. The molecule has 0 N–H and O–H groups in total. The highest BCUT2D eigenvalue weighted by Gasteiger charge is 2.91. The van der Waals surface area contributed by atoms with Gasteiger partial charge in [0.15, 0.2) is 0 Å². The number of carbonyl (C=O) groups excluding carboxylic acids is 2. The highest BCUT2D eigenvalue weighted by Crippen LogP contribution is 2.69. The van der Waals surface area contributed by atoms with Crippen molar-refractivity contribution < 1.29 is 38.0 Å². The molecule has 1 aliphatic carbocycles. The molecule has 23 heavy (non-hydrogen) atoms. The van der Waals surface area contributed by atoms with Gasteiger partial charge in [0.1, 0.15) is 0 Å². The third kappa shape index (κ3) is 1.57. The van der Waals surface area contributed by atoms with Gasteiger partial charge in [-0.25, -0.2) is 9.59 Å². The molecule has 3 fully saturated rings. The van der Waals surface area contributed by atoms with Gasteiger partial charge in [0.25, 0.3) is 0 Å². The first-order valence-electron chi connectivity index (χ1n) is 6.76. The van der Waals surface area contributed by atoms with Crippen molar-refractivity contribution in [3.8, 4) is 0 Å². The third-order valence-electron chi connectivity index (χ3n) is 4.93. The molecule has 1 saturated carbocycles. The number of esters is 2. The molecule has 3 aliphatic rings. The molecule has 2 heterocycles. The summed E-state index contributed by atoms with van der Waals surface area (Å²) in [7, 11) is 5.15. The minimum Gasteiger partial charge on any atom is -0.434 e. The molecule has 0 unspecified atom stereocenters. The van der Waals surface area contributed by atoms with Crippen LogP contribution >= 0.6 is 23.2 Å². The number of fused-ring (bicyclic) bond motifs is 3. The third-order valence-corrected chi connectivity index (χ3v) is 6.24. The van der Waals surface area contributed by atoms with Crippen LogP contribution < -0.4 is 0 Å². The summed E-state index contributed by atoms with van der Waals surface area (Å²) in [4.78, 5) is 21.2. The second-order valence-corrected chi connectivity index (χ2v) is 6.71. The summed E-state index contributed by atoms with van der Waals surface area (Å²) in [6.07, 6.45) is -2.11. The Hall–Kier alpha value is -0.640. The normalized spacial score (nSPS) is 47.2. The number of hydrogen-bond donors (Lipinski definition) is 0. The van der Waals surface area contributed by atoms with Crippen molar-refractivity contribution in [1.29, 1.82) is 0 Å². The van der Waals surface area contributed by atoms with Gasteiger partial charge in [-0.1, -0.05) is 23.2 Å². The Bertz CT molecular complexity index is 508. The zero-order valence-corrected chi connectivity index (χ0v) is 14.3. The number of ether oxygens (including phenoxy) is 6. The molecule has 2 aliphatic heterocycles. The van der Waals surface area contributed by atoms with Crippen molar-refractivity contribution in [1.82, 2.24) is 0 Å². The maximum Gasteiger partial charge on any atom is 0.335 e. The smallest absolute Gasteiger partial charge is 0.335 e. The predicted octanol–water partition coefficient (Wildman–Crippen LogP) is 0.235. The molecule has 0 aromatic heterocycles. The van der Waals surface area contributed by atoms with Gasteiger partial charge in [-0.2, -0.15) is 0 Å². The van der Waals surface area contributed by atoms with Gasteiger partial charge in [-0.3, -0.25) is 0 Å². The van der Waals surface area contributed by atoms with Crippen LogP contribution in [-0.2, 0) is 38.0 Å². The molecule has 0 radical (unpaired) electrons. The van der Waals surface area contributed by atoms with E-state index in [0.29, 0.717) is 0 Å². The average molecular weight is 371 g/mol. The van der Waals surface area contributed by atoms with Gasteiger partial charge in [-0.05, 0) is 0 Å². The maximum atomic E-state index is 12.5. The molecule has 0 aromatic carbocycles. The van der Waals surface area contributed by atoms with Crippen LogP contribution in [0.5, 0.6) is 0 Å². The van der Waals surface area contributed by atoms with Crippen LogP contribution in [0.1, 0.15) is 0 Å². The molecular weight excluding hydrogens is 355 g/mol. The molecule has 2 saturated heterocycles. The van der Waals surface area contributed by atoms with Crippen LogP contribution in [0.25, 0.3) is 0 Å². The van der Waals surface area contributed by atoms with E-state index >= 15 is 0 Å². The summed E-state index contributed by atoms with van der Waals surface area (Å²) in [5.41, 5.74) is 0. The standard InChI is InChI=1S/C13H16Cl2O8/c1-18-7-5-6-8(19-2)23-10(17)12(6,15)13(20-3,21-4)11(5,14)9(16)22-7/h5-8H,1-4H3/t5-,6+,7-,8-,11+,12-/m0/s1.